The maximum absolute atomic E-state index is 5.09. The Kier molecular flexibility index (Phi) is 4.73. The molecule has 0 unspecified atom stereocenters. The van der Waals surface area contributed by atoms with Gasteiger partial charge in [-0.3, -0.25) is 0 Å². The highest BCUT2D eigenvalue weighted by molar-refractivity contribution is 7.99. The first kappa shape index (κ1) is 14.5. The number of hydrogen-bond donors (Lipinski definition) is 1. The molecule has 0 spiro atoms. The third-order valence-corrected chi connectivity index (χ3v) is 3.17. The third-order valence-electron chi connectivity index (χ3n) is 2.38. The van der Waals surface area contributed by atoms with E-state index < -0.39 is 0 Å². The van der Waals surface area contributed by atoms with Crippen LogP contribution in [0.3, 0.4) is 0 Å². The molecule has 20 heavy (non-hydrogen) atoms. The lowest BCUT2D eigenvalue weighted by atomic mass is 10.3. The summed E-state index contributed by atoms with van der Waals surface area (Å²) in [5.41, 5.74) is 2.13. The first-order valence-electron chi connectivity index (χ1n) is 6.27. The van der Waals surface area contributed by atoms with Crippen LogP contribution in [-0.4, -0.2) is 33.6 Å². The number of ether oxygens (including phenoxy) is 1. The number of aromatic nitrogens is 4. The summed E-state index contributed by atoms with van der Waals surface area (Å²) in [4.78, 5) is 17.2. The van der Waals surface area contributed by atoms with Gasteiger partial charge >= 0.3 is 6.01 Å². The van der Waals surface area contributed by atoms with Crippen molar-refractivity contribution >= 4 is 17.7 Å². The van der Waals surface area contributed by atoms with Gasteiger partial charge in [-0.2, -0.15) is 15.0 Å². The van der Waals surface area contributed by atoms with Gasteiger partial charge in [0.05, 0.1) is 7.11 Å². The molecule has 6 nitrogen and oxygen atoms in total. The summed E-state index contributed by atoms with van der Waals surface area (Å²) in [6.45, 7) is 6.72. The van der Waals surface area contributed by atoms with E-state index in [1.54, 1.807) is 0 Å². The van der Waals surface area contributed by atoms with Crippen LogP contribution in [0.4, 0.5) is 5.95 Å². The summed E-state index contributed by atoms with van der Waals surface area (Å²) in [5, 5.41) is 4.48. The van der Waals surface area contributed by atoms with Crippen molar-refractivity contribution in [3.05, 3.63) is 23.4 Å². The molecule has 2 rings (SSSR count). The lowest BCUT2D eigenvalue weighted by molar-refractivity contribution is 0.373. The van der Waals surface area contributed by atoms with E-state index in [-0.39, 0.29) is 0 Å². The van der Waals surface area contributed by atoms with E-state index in [9.17, 15) is 0 Å². The monoisotopic (exact) mass is 291 g/mol. The van der Waals surface area contributed by atoms with Crippen molar-refractivity contribution in [1.29, 1.82) is 0 Å². The van der Waals surface area contributed by atoms with Gasteiger partial charge in [0.15, 0.2) is 0 Å². The van der Waals surface area contributed by atoms with Gasteiger partial charge < -0.3 is 10.1 Å². The lowest BCUT2D eigenvalue weighted by Crippen LogP contribution is -2.06. The normalized spacial score (nSPS) is 10.4. The highest BCUT2D eigenvalue weighted by Crippen LogP contribution is 2.25. The molecule has 0 saturated carbocycles. The topological polar surface area (TPSA) is 72.8 Å². The molecular weight excluding hydrogens is 274 g/mol. The predicted octanol–water partition coefficient (Wildman–Crippen LogP) is 2.48. The second-order valence-electron chi connectivity index (χ2n) is 4.18. The zero-order valence-corrected chi connectivity index (χ0v) is 12.8. The molecule has 0 aliphatic carbocycles. The molecule has 0 atom stereocenters. The number of methoxy groups -OCH3 is 1. The number of nitrogens with one attached hydrogen (secondary N) is 1. The average molecular weight is 291 g/mol. The van der Waals surface area contributed by atoms with Gasteiger partial charge in [0.2, 0.25) is 11.1 Å². The fourth-order valence-electron chi connectivity index (χ4n) is 1.66. The Bertz CT molecular complexity index is 585. The van der Waals surface area contributed by atoms with Gasteiger partial charge in [-0.25, -0.2) is 4.98 Å². The second-order valence-corrected chi connectivity index (χ2v) is 5.17. The molecule has 0 radical (unpaired) electrons. The maximum atomic E-state index is 5.09. The molecule has 0 aliphatic heterocycles. The minimum absolute atomic E-state index is 0.294. The van der Waals surface area contributed by atoms with Crippen LogP contribution in [0.25, 0.3) is 0 Å². The van der Waals surface area contributed by atoms with E-state index in [0.29, 0.717) is 17.1 Å². The summed E-state index contributed by atoms with van der Waals surface area (Å²) >= 11 is 1.39. The van der Waals surface area contributed by atoms with Gasteiger partial charge in [-0.05, 0) is 50.2 Å². The molecule has 106 valence electrons. The molecule has 0 saturated heterocycles. The van der Waals surface area contributed by atoms with Crippen LogP contribution in [0.2, 0.25) is 0 Å². The molecule has 1 N–H and O–H groups in total. The van der Waals surface area contributed by atoms with Crippen LogP contribution < -0.4 is 10.1 Å². The molecule has 0 aliphatic rings. The molecule has 2 aromatic heterocycles. The van der Waals surface area contributed by atoms with Crippen LogP contribution >= 0.6 is 11.8 Å². The van der Waals surface area contributed by atoms with Crippen molar-refractivity contribution in [3.63, 3.8) is 0 Å². The van der Waals surface area contributed by atoms with Gasteiger partial charge in [0, 0.05) is 12.2 Å². The third kappa shape index (κ3) is 3.80. The average Bonchev–Trinajstić information content (AvgIpc) is 2.37. The van der Waals surface area contributed by atoms with E-state index in [2.05, 4.69) is 25.3 Å². The Balaban J connectivity index is 2.29. The highest BCUT2D eigenvalue weighted by atomic mass is 32.2. The van der Waals surface area contributed by atoms with E-state index >= 15 is 0 Å². The molecule has 0 fully saturated rings. The fourth-order valence-corrected chi connectivity index (χ4v) is 2.54. The van der Waals surface area contributed by atoms with Crippen LogP contribution in [0.1, 0.15) is 18.2 Å². The van der Waals surface area contributed by atoms with E-state index in [4.69, 9.17) is 4.74 Å². The number of aryl methyl sites for hydroxylation is 2. The van der Waals surface area contributed by atoms with E-state index in [1.165, 1.54) is 18.9 Å². The summed E-state index contributed by atoms with van der Waals surface area (Å²) in [5.74, 6) is 0.506. The Morgan fingerprint density at radius 1 is 1.15 bits per heavy atom. The van der Waals surface area contributed by atoms with Gasteiger partial charge in [0.1, 0.15) is 5.03 Å². The van der Waals surface area contributed by atoms with Crippen molar-refractivity contribution in [2.75, 3.05) is 19.0 Å². The fraction of sp³-hybridized carbons (Fsp3) is 0.385. The lowest BCUT2D eigenvalue weighted by Gasteiger charge is -2.07. The molecular formula is C13H17N5OS. The number of pyridine rings is 1. The van der Waals surface area contributed by atoms with Crippen molar-refractivity contribution in [2.45, 2.75) is 31.0 Å². The molecule has 0 bridgehead atoms. The minimum Gasteiger partial charge on any atom is -0.467 e. The molecule has 7 heteroatoms. The Hall–Kier alpha value is -1.89. The number of rotatable bonds is 5. The largest absolute Gasteiger partial charge is 0.467 e. The Morgan fingerprint density at radius 3 is 2.60 bits per heavy atom. The van der Waals surface area contributed by atoms with Crippen LogP contribution in [0, 0.1) is 13.8 Å². The molecule has 2 aromatic rings. The van der Waals surface area contributed by atoms with Crippen molar-refractivity contribution < 1.29 is 4.74 Å². The second kappa shape index (κ2) is 6.51. The quantitative estimate of drug-likeness (QED) is 0.907. The molecule has 0 amide bonds. The van der Waals surface area contributed by atoms with E-state index in [1.807, 2.05) is 32.9 Å². The van der Waals surface area contributed by atoms with Crippen LogP contribution in [0.15, 0.2) is 22.3 Å². The molecule has 2 heterocycles. The van der Waals surface area contributed by atoms with Gasteiger partial charge in [-0.15, -0.1) is 0 Å². The standard InChI is InChI=1S/C13H17N5OS/c1-5-14-11-16-12(19-4)18-13(17-11)20-10-7-8(2)6-9(3)15-10/h6-7H,5H2,1-4H3,(H,14,16,17,18). The number of anilines is 1. The van der Waals surface area contributed by atoms with Crippen molar-refractivity contribution in [1.82, 2.24) is 19.9 Å². The zero-order chi connectivity index (χ0) is 14.5. The highest BCUT2D eigenvalue weighted by Gasteiger charge is 2.09. The maximum Gasteiger partial charge on any atom is 0.321 e. The summed E-state index contributed by atoms with van der Waals surface area (Å²) in [6.07, 6.45) is 0. The summed E-state index contributed by atoms with van der Waals surface area (Å²) in [7, 11) is 1.54. The smallest absolute Gasteiger partial charge is 0.321 e. The van der Waals surface area contributed by atoms with Gasteiger partial charge in [-0.1, -0.05) is 0 Å². The Labute approximate surface area is 122 Å². The first-order valence-corrected chi connectivity index (χ1v) is 7.09. The predicted molar refractivity (Wildman–Crippen MR) is 78.4 cm³/mol. The Morgan fingerprint density at radius 2 is 1.95 bits per heavy atom. The SMILES string of the molecule is CCNc1nc(OC)nc(Sc2cc(C)cc(C)n2)n1. The van der Waals surface area contributed by atoms with Gasteiger partial charge in [0.25, 0.3) is 0 Å². The summed E-state index contributed by atoms with van der Waals surface area (Å²) in [6, 6.07) is 4.33. The van der Waals surface area contributed by atoms with Crippen LogP contribution in [0.5, 0.6) is 6.01 Å². The van der Waals surface area contributed by atoms with Crippen LogP contribution in [-0.2, 0) is 0 Å². The number of nitrogens with zero attached hydrogens (tertiary/aromatic N) is 4. The first-order chi connectivity index (χ1) is 9.60. The molecule has 0 aromatic carbocycles. The van der Waals surface area contributed by atoms with Crippen molar-refractivity contribution in [2.24, 2.45) is 0 Å². The minimum atomic E-state index is 0.294. The summed E-state index contributed by atoms with van der Waals surface area (Å²) < 4.78 is 5.09. The van der Waals surface area contributed by atoms with Crippen molar-refractivity contribution in [3.8, 4) is 6.01 Å². The zero-order valence-electron chi connectivity index (χ0n) is 12.0. The number of hydrogen-bond acceptors (Lipinski definition) is 7. The van der Waals surface area contributed by atoms with E-state index in [0.717, 1.165) is 22.8 Å².